The first-order chi connectivity index (χ1) is 15.2. The molecule has 4 aromatic rings. The van der Waals surface area contributed by atoms with E-state index in [2.05, 4.69) is 20.9 Å². The van der Waals surface area contributed by atoms with Crippen LogP contribution in [-0.4, -0.2) is 29.8 Å². The molecule has 0 saturated carbocycles. The summed E-state index contributed by atoms with van der Waals surface area (Å²) in [5.41, 5.74) is 4.44. The number of aromatic nitrogens is 1. The highest BCUT2D eigenvalue weighted by atomic mass is 79.9. The van der Waals surface area contributed by atoms with Crippen LogP contribution in [0.15, 0.2) is 101 Å². The Morgan fingerprint density at radius 3 is 2.19 bits per heavy atom. The van der Waals surface area contributed by atoms with E-state index in [1.165, 1.54) is 7.11 Å². The van der Waals surface area contributed by atoms with Gasteiger partial charge in [0.25, 0.3) is 0 Å². The number of esters is 1. The van der Waals surface area contributed by atoms with Gasteiger partial charge in [0.1, 0.15) is 0 Å². The fraction of sp³-hybridized carbons (Fsp3) is 0.115. The molecule has 0 radical (unpaired) electrons. The van der Waals surface area contributed by atoms with Crippen LogP contribution in [0.25, 0.3) is 10.9 Å². The molecule has 154 valence electrons. The van der Waals surface area contributed by atoms with Crippen LogP contribution >= 0.6 is 15.9 Å². The average Bonchev–Trinajstić information content (AvgIpc) is 2.84. The second-order valence-electron chi connectivity index (χ2n) is 7.06. The Kier molecular flexibility index (Phi) is 6.53. The summed E-state index contributed by atoms with van der Waals surface area (Å²) in [6.07, 6.45) is 2.14. The van der Waals surface area contributed by atoms with Crippen LogP contribution in [0.2, 0.25) is 0 Å². The molecule has 0 spiro atoms. The van der Waals surface area contributed by atoms with Crippen molar-refractivity contribution < 1.29 is 9.53 Å². The van der Waals surface area contributed by atoms with Crippen molar-refractivity contribution in [3.05, 3.63) is 112 Å². The molecule has 0 N–H and O–H groups in total. The van der Waals surface area contributed by atoms with Crippen molar-refractivity contribution in [1.82, 2.24) is 4.98 Å². The summed E-state index contributed by atoms with van der Waals surface area (Å²) in [5.74, 6) is -0.378. The first-order valence-corrected chi connectivity index (χ1v) is 10.7. The molecular weight excluding hydrogens is 452 g/mol. The third-order valence-corrected chi connectivity index (χ3v) is 5.76. The number of halogens is 1. The molecule has 1 aromatic heterocycles. The number of methoxy groups -OCH3 is 1. The van der Waals surface area contributed by atoms with Crippen molar-refractivity contribution in [2.24, 2.45) is 4.99 Å². The molecule has 31 heavy (non-hydrogen) atoms. The van der Waals surface area contributed by atoms with Gasteiger partial charge in [0, 0.05) is 33.6 Å². The van der Waals surface area contributed by atoms with E-state index in [-0.39, 0.29) is 5.97 Å². The Hall–Kier alpha value is -3.31. The van der Waals surface area contributed by atoms with Crippen LogP contribution in [0, 0.1) is 0 Å². The van der Waals surface area contributed by atoms with Gasteiger partial charge in [-0.25, -0.2) is 4.79 Å². The molecule has 1 atom stereocenters. The van der Waals surface area contributed by atoms with Crippen LogP contribution in [0.4, 0.5) is 0 Å². The number of benzene rings is 3. The van der Waals surface area contributed by atoms with Gasteiger partial charge in [-0.2, -0.15) is 0 Å². The normalized spacial score (nSPS) is 11.7. The van der Waals surface area contributed by atoms with Crippen LogP contribution in [0.3, 0.4) is 0 Å². The topological polar surface area (TPSA) is 51.5 Å². The van der Waals surface area contributed by atoms with Gasteiger partial charge >= 0.3 is 5.97 Å². The lowest BCUT2D eigenvalue weighted by Crippen LogP contribution is -2.25. The number of nitrogens with zero attached hydrogens (tertiary/aromatic N) is 2. The monoisotopic (exact) mass is 472 g/mol. The first-order valence-electron chi connectivity index (χ1n) is 9.96. The number of carbonyl (C=O) groups is 1. The number of carbonyl (C=O) groups excluding carboxylic acids is 1. The summed E-state index contributed by atoms with van der Waals surface area (Å²) in [6.45, 7) is 0. The zero-order valence-corrected chi connectivity index (χ0v) is 18.6. The van der Waals surface area contributed by atoms with Gasteiger partial charge in [0.15, 0.2) is 6.04 Å². The highest BCUT2D eigenvalue weighted by Crippen LogP contribution is 2.27. The van der Waals surface area contributed by atoms with Crippen LogP contribution < -0.4 is 0 Å². The quantitative estimate of drug-likeness (QED) is 0.270. The van der Waals surface area contributed by atoms with Crippen molar-refractivity contribution in [1.29, 1.82) is 0 Å². The van der Waals surface area contributed by atoms with Crippen LogP contribution in [0.5, 0.6) is 0 Å². The summed E-state index contributed by atoms with van der Waals surface area (Å²) in [7, 11) is 1.40. The molecule has 4 rings (SSSR count). The minimum Gasteiger partial charge on any atom is -0.467 e. The summed E-state index contributed by atoms with van der Waals surface area (Å²) in [4.78, 5) is 22.2. The third kappa shape index (κ3) is 4.72. The largest absolute Gasteiger partial charge is 0.467 e. The van der Waals surface area contributed by atoms with Gasteiger partial charge < -0.3 is 4.74 Å². The molecule has 0 unspecified atom stereocenters. The molecular formula is C26H21BrN2O2. The zero-order valence-electron chi connectivity index (χ0n) is 17.0. The SMILES string of the molecule is COC(=O)[C@H](Cc1ccc(Br)c2cccnc12)N=C(c1ccccc1)c1ccccc1. The minimum absolute atomic E-state index is 0.378. The van der Waals surface area contributed by atoms with E-state index in [9.17, 15) is 4.79 Å². The summed E-state index contributed by atoms with van der Waals surface area (Å²) >= 11 is 3.58. The van der Waals surface area contributed by atoms with Crippen molar-refractivity contribution in [2.45, 2.75) is 12.5 Å². The first kappa shape index (κ1) is 20.9. The number of hydrogen-bond acceptors (Lipinski definition) is 4. The highest BCUT2D eigenvalue weighted by molar-refractivity contribution is 9.10. The fourth-order valence-corrected chi connectivity index (χ4v) is 4.00. The smallest absolute Gasteiger partial charge is 0.330 e. The Morgan fingerprint density at radius 2 is 1.58 bits per heavy atom. The molecule has 0 saturated heterocycles. The molecule has 3 aromatic carbocycles. The second kappa shape index (κ2) is 9.67. The molecule has 0 aliphatic rings. The van der Waals surface area contributed by atoms with E-state index in [1.807, 2.05) is 84.9 Å². The summed E-state index contributed by atoms with van der Waals surface area (Å²) < 4.78 is 6.08. The van der Waals surface area contributed by atoms with Gasteiger partial charge in [0.2, 0.25) is 0 Å². The third-order valence-electron chi connectivity index (χ3n) is 5.07. The molecule has 0 amide bonds. The van der Waals surface area contributed by atoms with Crippen LogP contribution in [0.1, 0.15) is 16.7 Å². The predicted molar refractivity (Wildman–Crippen MR) is 127 cm³/mol. The van der Waals surface area contributed by atoms with Gasteiger partial charge in [0.05, 0.1) is 18.3 Å². The molecule has 1 heterocycles. The maximum absolute atomic E-state index is 12.8. The second-order valence-corrected chi connectivity index (χ2v) is 7.91. The molecule has 0 bridgehead atoms. The summed E-state index contributed by atoms with van der Waals surface area (Å²) in [5, 5.41) is 0.999. The number of pyridine rings is 1. The fourth-order valence-electron chi connectivity index (χ4n) is 3.55. The molecule has 0 fully saturated rings. The van der Waals surface area contributed by atoms with E-state index in [0.29, 0.717) is 6.42 Å². The maximum Gasteiger partial charge on any atom is 0.330 e. The van der Waals surface area contributed by atoms with E-state index < -0.39 is 6.04 Å². The Bertz CT molecular complexity index is 1180. The van der Waals surface area contributed by atoms with Gasteiger partial charge in [-0.15, -0.1) is 0 Å². The average molecular weight is 473 g/mol. The van der Waals surface area contributed by atoms with Crippen molar-refractivity contribution in [3.8, 4) is 0 Å². The molecule has 0 aliphatic carbocycles. The lowest BCUT2D eigenvalue weighted by molar-refractivity contribution is -0.142. The maximum atomic E-state index is 12.8. The lowest BCUT2D eigenvalue weighted by Gasteiger charge is -2.16. The molecule has 4 nitrogen and oxygen atoms in total. The van der Waals surface area contributed by atoms with Crippen LogP contribution in [-0.2, 0) is 16.0 Å². The Morgan fingerprint density at radius 1 is 0.935 bits per heavy atom. The standard InChI is InChI=1S/C26H21BrN2O2/c1-31-26(30)23(17-20-14-15-22(27)21-13-8-16-28-25(20)21)29-24(18-9-4-2-5-10-18)19-11-6-3-7-12-19/h2-16,23H,17H2,1H3/t23-/m0/s1. The van der Waals surface area contributed by atoms with Gasteiger partial charge in [-0.3, -0.25) is 9.98 Å². The van der Waals surface area contributed by atoms with Gasteiger partial charge in [-0.05, 0) is 17.7 Å². The Labute approximate surface area is 189 Å². The van der Waals surface area contributed by atoms with Crippen molar-refractivity contribution >= 4 is 38.5 Å². The lowest BCUT2D eigenvalue weighted by atomic mass is 9.99. The van der Waals surface area contributed by atoms with E-state index in [1.54, 1.807) is 6.20 Å². The van der Waals surface area contributed by atoms with Crippen molar-refractivity contribution in [3.63, 3.8) is 0 Å². The van der Waals surface area contributed by atoms with Gasteiger partial charge in [-0.1, -0.05) is 88.7 Å². The Balaban J connectivity index is 1.81. The number of fused-ring (bicyclic) bond motifs is 1. The highest BCUT2D eigenvalue weighted by Gasteiger charge is 2.22. The van der Waals surface area contributed by atoms with E-state index in [4.69, 9.17) is 9.73 Å². The number of aliphatic imine (C=N–C) groups is 1. The molecule has 0 aliphatic heterocycles. The summed E-state index contributed by atoms with van der Waals surface area (Å²) in [6, 6.07) is 26.9. The van der Waals surface area contributed by atoms with Crippen molar-refractivity contribution in [2.75, 3.05) is 7.11 Å². The predicted octanol–water partition coefficient (Wildman–Crippen LogP) is 5.62. The number of ether oxygens (including phenoxy) is 1. The van der Waals surface area contributed by atoms with E-state index >= 15 is 0 Å². The molecule has 5 heteroatoms. The van der Waals surface area contributed by atoms with E-state index in [0.717, 1.165) is 37.8 Å². The zero-order chi connectivity index (χ0) is 21.6. The minimum atomic E-state index is -0.702. The number of rotatable bonds is 6. The number of hydrogen-bond donors (Lipinski definition) is 0.